The summed E-state index contributed by atoms with van der Waals surface area (Å²) in [6.07, 6.45) is 6.75. The predicted molar refractivity (Wildman–Crippen MR) is 143 cm³/mol. The highest BCUT2D eigenvalue weighted by Crippen LogP contribution is 2.33. The molecule has 34 heavy (non-hydrogen) atoms. The summed E-state index contributed by atoms with van der Waals surface area (Å²) in [4.78, 5) is 19.3. The smallest absolute Gasteiger partial charge is 0.253 e. The van der Waals surface area contributed by atoms with E-state index >= 15 is 0 Å². The zero-order chi connectivity index (χ0) is 23.9. The number of rotatable bonds is 10. The zero-order valence-electron chi connectivity index (χ0n) is 20.5. The van der Waals surface area contributed by atoms with E-state index in [1.165, 1.54) is 35.2 Å². The Labute approximate surface area is 202 Å². The van der Waals surface area contributed by atoms with Gasteiger partial charge >= 0.3 is 0 Å². The maximum Gasteiger partial charge on any atom is 0.253 e. The van der Waals surface area contributed by atoms with Crippen LogP contribution in [-0.4, -0.2) is 42.0 Å². The van der Waals surface area contributed by atoms with Gasteiger partial charge in [0.15, 0.2) is 0 Å². The summed E-state index contributed by atoms with van der Waals surface area (Å²) in [5, 5.41) is 8.39. The van der Waals surface area contributed by atoms with Crippen LogP contribution in [0.2, 0.25) is 0 Å². The molecule has 0 atom stereocenters. The number of pyridine rings is 1. The lowest BCUT2D eigenvalue weighted by molar-refractivity contribution is 0.0773. The van der Waals surface area contributed by atoms with Gasteiger partial charge < -0.3 is 21.3 Å². The van der Waals surface area contributed by atoms with Crippen LogP contribution in [0.5, 0.6) is 0 Å². The van der Waals surface area contributed by atoms with Gasteiger partial charge in [-0.15, -0.1) is 0 Å². The highest BCUT2D eigenvalue weighted by atomic mass is 16.2. The average Bonchev–Trinajstić information content (AvgIpc) is 2.86. The Kier molecular flexibility index (Phi) is 7.88. The molecule has 4 rings (SSSR count). The number of benzene rings is 2. The summed E-state index contributed by atoms with van der Waals surface area (Å²) < 4.78 is 0. The van der Waals surface area contributed by atoms with E-state index in [9.17, 15) is 4.79 Å². The second-order valence-corrected chi connectivity index (χ2v) is 8.98. The molecule has 6 nitrogen and oxygen atoms in total. The summed E-state index contributed by atoms with van der Waals surface area (Å²) in [6.45, 7) is 7.13. The molecule has 0 fully saturated rings. The van der Waals surface area contributed by atoms with Crippen molar-refractivity contribution in [3.8, 4) is 0 Å². The fourth-order valence-corrected chi connectivity index (χ4v) is 4.81. The number of nitrogens with zero attached hydrogens (tertiary/aromatic N) is 2. The number of hydrogen-bond donors (Lipinski definition) is 3. The normalized spacial score (nSPS) is 12.9. The highest BCUT2D eigenvalue weighted by Gasteiger charge is 2.18. The highest BCUT2D eigenvalue weighted by molar-refractivity contribution is 5.96. The molecule has 0 bridgehead atoms. The lowest BCUT2D eigenvalue weighted by Crippen LogP contribution is -2.30. The van der Waals surface area contributed by atoms with Gasteiger partial charge in [0.2, 0.25) is 0 Å². The molecular formula is C28H37N5O. The van der Waals surface area contributed by atoms with Crippen molar-refractivity contribution < 1.29 is 4.79 Å². The van der Waals surface area contributed by atoms with Crippen LogP contribution >= 0.6 is 0 Å². The van der Waals surface area contributed by atoms with E-state index in [2.05, 4.69) is 34.9 Å². The number of para-hydroxylation sites is 1. The minimum Gasteiger partial charge on any atom is -0.397 e. The van der Waals surface area contributed by atoms with Crippen molar-refractivity contribution >= 4 is 33.9 Å². The van der Waals surface area contributed by atoms with Gasteiger partial charge in [0.25, 0.3) is 5.91 Å². The first kappa shape index (κ1) is 23.9. The van der Waals surface area contributed by atoms with Crippen LogP contribution < -0.4 is 16.4 Å². The average molecular weight is 460 g/mol. The topological polar surface area (TPSA) is 83.3 Å². The maximum absolute atomic E-state index is 12.5. The first-order valence-corrected chi connectivity index (χ1v) is 12.7. The zero-order valence-corrected chi connectivity index (χ0v) is 20.5. The van der Waals surface area contributed by atoms with Gasteiger partial charge in [-0.25, -0.2) is 0 Å². The summed E-state index contributed by atoms with van der Waals surface area (Å²) >= 11 is 0. The summed E-state index contributed by atoms with van der Waals surface area (Å²) in [5.41, 5.74) is 13.4. The Hall–Kier alpha value is -3.28. The van der Waals surface area contributed by atoms with Crippen LogP contribution in [0.4, 0.5) is 17.1 Å². The van der Waals surface area contributed by atoms with Gasteiger partial charge in [-0.2, -0.15) is 0 Å². The van der Waals surface area contributed by atoms with Crippen LogP contribution in [0.25, 0.3) is 10.9 Å². The number of nitrogen functional groups attached to an aromatic ring is 1. The van der Waals surface area contributed by atoms with Crippen LogP contribution in [0.3, 0.4) is 0 Å². The lowest BCUT2D eigenvalue weighted by atomic mass is 9.92. The third-order valence-corrected chi connectivity index (χ3v) is 6.74. The second-order valence-electron chi connectivity index (χ2n) is 8.98. The van der Waals surface area contributed by atoms with Crippen molar-refractivity contribution in [2.24, 2.45) is 0 Å². The Morgan fingerprint density at radius 2 is 1.74 bits per heavy atom. The van der Waals surface area contributed by atoms with Gasteiger partial charge in [-0.1, -0.05) is 18.2 Å². The maximum atomic E-state index is 12.5. The van der Waals surface area contributed by atoms with E-state index in [0.29, 0.717) is 24.3 Å². The van der Waals surface area contributed by atoms with E-state index in [4.69, 9.17) is 10.7 Å². The quantitative estimate of drug-likeness (QED) is 0.276. The molecule has 180 valence electrons. The number of unbranched alkanes of at least 4 members (excludes halogenated alkanes) is 1. The lowest BCUT2D eigenvalue weighted by Gasteiger charge is -2.21. The molecule has 0 unspecified atom stereocenters. The Balaban J connectivity index is 1.30. The first-order valence-electron chi connectivity index (χ1n) is 12.7. The molecule has 4 N–H and O–H groups in total. The van der Waals surface area contributed by atoms with Gasteiger partial charge in [-0.3, -0.25) is 9.78 Å². The Morgan fingerprint density at radius 3 is 2.50 bits per heavy atom. The molecule has 0 radical (unpaired) electrons. The number of hydrogen-bond acceptors (Lipinski definition) is 5. The molecule has 0 spiro atoms. The number of aryl methyl sites for hydroxylation is 1. The van der Waals surface area contributed by atoms with Crippen LogP contribution in [0, 0.1) is 0 Å². The fraction of sp³-hybridized carbons (Fsp3) is 0.429. The summed E-state index contributed by atoms with van der Waals surface area (Å²) in [5.74, 6) is 0.0279. The third-order valence-electron chi connectivity index (χ3n) is 6.74. The number of nitrogens with two attached hydrogens (primary N) is 1. The number of fused-ring (bicyclic) bond motifs is 2. The van der Waals surface area contributed by atoms with E-state index in [1.54, 1.807) is 11.0 Å². The van der Waals surface area contributed by atoms with Crippen molar-refractivity contribution in [3.63, 3.8) is 0 Å². The number of carbonyl (C=O) groups excluding carboxylic acids is 1. The molecule has 0 aliphatic heterocycles. The van der Waals surface area contributed by atoms with Gasteiger partial charge in [0.1, 0.15) is 0 Å². The monoisotopic (exact) mass is 459 g/mol. The minimum atomic E-state index is 0.0279. The van der Waals surface area contributed by atoms with Crippen molar-refractivity contribution in [2.75, 3.05) is 42.5 Å². The largest absolute Gasteiger partial charge is 0.397 e. The molecule has 6 heteroatoms. The molecule has 2 aromatic carbocycles. The van der Waals surface area contributed by atoms with E-state index in [0.717, 1.165) is 50.0 Å². The molecule has 1 aromatic heterocycles. The SMILES string of the molecule is CCN(CC)C(=O)c1ccc(NCCCCNc2c3c(nc4ccccc24)CCCC3)c(N)c1. The molecular weight excluding hydrogens is 422 g/mol. The molecule has 0 saturated carbocycles. The molecule has 3 aromatic rings. The molecule has 1 amide bonds. The number of anilines is 3. The van der Waals surface area contributed by atoms with E-state index in [1.807, 2.05) is 26.0 Å². The molecule has 1 heterocycles. The van der Waals surface area contributed by atoms with Crippen LogP contribution in [-0.2, 0) is 12.8 Å². The second kappa shape index (κ2) is 11.2. The number of amides is 1. The van der Waals surface area contributed by atoms with Crippen molar-refractivity contribution in [3.05, 3.63) is 59.3 Å². The Bertz CT molecular complexity index is 1140. The third kappa shape index (κ3) is 5.27. The number of carbonyl (C=O) groups is 1. The van der Waals surface area contributed by atoms with Crippen molar-refractivity contribution in [2.45, 2.75) is 52.4 Å². The van der Waals surface area contributed by atoms with Gasteiger partial charge in [-0.05, 0) is 82.2 Å². The minimum absolute atomic E-state index is 0.0279. The number of aromatic nitrogens is 1. The fourth-order valence-electron chi connectivity index (χ4n) is 4.81. The van der Waals surface area contributed by atoms with Crippen molar-refractivity contribution in [1.82, 2.24) is 9.88 Å². The van der Waals surface area contributed by atoms with Crippen molar-refractivity contribution in [1.29, 1.82) is 0 Å². The standard InChI is InChI=1S/C28H37N5O/c1-3-33(4-2)28(34)20-15-16-26(23(29)19-20)30-17-9-10-18-31-27-21-11-5-7-13-24(21)32-25-14-8-6-12-22(25)27/h5,7,11,13,15-16,19,30H,3-4,6,8-10,12,14,17-18,29H2,1-2H3,(H,31,32). The summed E-state index contributed by atoms with van der Waals surface area (Å²) in [6, 6.07) is 14.0. The molecule has 0 saturated heterocycles. The van der Waals surface area contributed by atoms with E-state index in [-0.39, 0.29) is 5.91 Å². The molecule has 1 aliphatic carbocycles. The first-order chi connectivity index (χ1) is 16.6. The summed E-state index contributed by atoms with van der Waals surface area (Å²) in [7, 11) is 0. The van der Waals surface area contributed by atoms with Crippen LogP contribution in [0.15, 0.2) is 42.5 Å². The van der Waals surface area contributed by atoms with E-state index < -0.39 is 0 Å². The molecule has 1 aliphatic rings. The Morgan fingerprint density at radius 1 is 1.00 bits per heavy atom. The predicted octanol–water partition coefficient (Wildman–Crippen LogP) is 5.48. The number of nitrogens with one attached hydrogen (secondary N) is 2. The van der Waals surface area contributed by atoms with Gasteiger partial charge in [0, 0.05) is 48.5 Å². The van der Waals surface area contributed by atoms with Gasteiger partial charge in [0.05, 0.1) is 16.9 Å². The van der Waals surface area contributed by atoms with Crippen LogP contribution in [0.1, 0.15) is 61.1 Å².